The Morgan fingerprint density at radius 2 is 1.51 bits per heavy atom. The third kappa shape index (κ3) is 8.58. The van der Waals surface area contributed by atoms with Crippen molar-refractivity contribution in [2.75, 3.05) is 32.2 Å². The van der Waals surface area contributed by atoms with Gasteiger partial charge in [0.15, 0.2) is 11.5 Å². The molecular weight excluding hydrogens is 625 g/mol. The molecule has 0 spiro atoms. The van der Waals surface area contributed by atoms with Crippen LogP contribution in [0.5, 0.6) is 17.2 Å². The normalized spacial score (nSPS) is 12.5. The highest BCUT2D eigenvalue weighted by Gasteiger charge is 2.35. The molecule has 244 valence electrons. The molecule has 2 amide bonds. The summed E-state index contributed by atoms with van der Waals surface area (Å²) < 4.78 is 59.3. The van der Waals surface area contributed by atoms with Gasteiger partial charge < -0.3 is 24.4 Å². The van der Waals surface area contributed by atoms with Crippen molar-refractivity contribution in [3.05, 3.63) is 77.1 Å². The molecule has 0 saturated carbocycles. The number of benzene rings is 3. The van der Waals surface area contributed by atoms with Gasteiger partial charge >= 0.3 is 0 Å². The first kappa shape index (κ1) is 35.4. The van der Waals surface area contributed by atoms with E-state index in [1.54, 1.807) is 6.92 Å². The summed E-state index contributed by atoms with van der Waals surface area (Å²) in [6, 6.07) is 12.9. The van der Waals surface area contributed by atoms with E-state index >= 15 is 0 Å². The van der Waals surface area contributed by atoms with Crippen LogP contribution in [-0.4, -0.2) is 65.1 Å². The number of hydrogen-bond acceptors (Lipinski definition) is 7. The molecule has 1 N–H and O–H groups in total. The molecule has 3 aromatic carbocycles. The standard InChI is InChI=1S/C32H39ClFN3O7S/c1-7-21(3)35-32(39)26(8-2)36(19-22-9-12-24(34)13-10-22)31(38)20-37(27-17-23(33)11-15-28(27)42-4)45(40,41)25-14-16-29(43-5)30(18-25)44-6/h9-18,21,26H,7-8,19-20H2,1-6H3,(H,35,39)/t21-,26+/m1/s1. The van der Waals surface area contributed by atoms with E-state index in [1.807, 2.05) is 13.8 Å². The van der Waals surface area contributed by atoms with Crippen molar-refractivity contribution in [3.63, 3.8) is 0 Å². The van der Waals surface area contributed by atoms with Gasteiger partial charge in [-0.15, -0.1) is 0 Å². The zero-order chi connectivity index (χ0) is 33.3. The summed E-state index contributed by atoms with van der Waals surface area (Å²) in [6.07, 6.45) is 0.901. The van der Waals surface area contributed by atoms with Crippen LogP contribution in [0.25, 0.3) is 0 Å². The van der Waals surface area contributed by atoms with Crippen LogP contribution >= 0.6 is 11.6 Å². The van der Waals surface area contributed by atoms with Crippen molar-refractivity contribution in [2.24, 2.45) is 0 Å². The van der Waals surface area contributed by atoms with Crippen LogP contribution in [0, 0.1) is 5.82 Å². The predicted molar refractivity (Wildman–Crippen MR) is 171 cm³/mol. The largest absolute Gasteiger partial charge is 0.495 e. The SMILES string of the molecule is CC[C@@H](C)NC(=O)[C@H](CC)N(Cc1ccc(F)cc1)C(=O)CN(c1cc(Cl)ccc1OC)S(=O)(=O)c1ccc(OC)c(OC)c1. The molecule has 0 unspecified atom stereocenters. The predicted octanol–water partition coefficient (Wildman–Crippen LogP) is 5.42. The van der Waals surface area contributed by atoms with Crippen molar-refractivity contribution in [1.29, 1.82) is 0 Å². The van der Waals surface area contributed by atoms with Crippen molar-refractivity contribution in [3.8, 4) is 17.2 Å². The first-order valence-electron chi connectivity index (χ1n) is 14.3. The van der Waals surface area contributed by atoms with Crippen molar-refractivity contribution in [1.82, 2.24) is 10.2 Å². The summed E-state index contributed by atoms with van der Waals surface area (Å²) in [7, 11) is -0.323. The second-order valence-corrected chi connectivity index (χ2v) is 12.5. The van der Waals surface area contributed by atoms with E-state index in [2.05, 4.69) is 5.32 Å². The topological polar surface area (TPSA) is 114 Å². The molecule has 0 bridgehead atoms. The molecule has 13 heteroatoms. The smallest absolute Gasteiger partial charge is 0.265 e. The number of ether oxygens (including phenoxy) is 3. The molecule has 3 rings (SSSR count). The van der Waals surface area contributed by atoms with Gasteiger partial charge in [0.05, 0.1) is 31.9 Å². The summed E-state index contributed by atoms with van der Waals surface area (Å²) in [5.41, 5.74) is 0.557. The van der Waals surface area contributed by atoms with Crippen LogP contribution in [-0.2, 0) is 26.2 Å². The van der Waals surface area contributed by atoms with Gasteiger partial charge in [-0.3, -0.25) is 13.9 Å². The van der Waals surface area contributed by atoms with Crippen LogP contribution < -0.4 is 23.8 Å². The molecule has 0 radical (unpaired) electrons. The van der Waals surface area contributed by atoms with Gasteiger partial charge in [-0.25, -0.2) is 12.8 Å². The first-order chi connectivity index (χ1) is 21.4. The van der Waals surface area contributed by atoms with Crippen LogP contribution in [0.1, 0.15) is 39.2 Å². The van der Waals surface area contributed by atoms with Gasteiger partial charge in [0, 0.05) is 23.7 Å². The maximum atomic E-state index is 14.3. The molecular formula is C32H39ClFN3O7S. The lowest BCUT2D eigenvalue weighted by atomic mass is 10.1. The molecule has 3 aromatic rings. The molecule has 45 heavy (non-hydrogen) atoms. The molecule has 0 aliphatic rings. The van der Waals surface area contributed by atoms with Gasteiger partial charge in [0.2, 0.25) is 11.8 Å². The first-order valence-corrected chi connectivity index (χ1v) is 16.1. The third-order valence-corrected chi connectivity index (χ3v) is 9.28. The lowest BCUT2D eigenvalue weighted by Gasteiger charge is -2.34. The van der Waals surface area contributed by atoms with Crippen LogP contribution in [0.2, 0.25) is 5.02 Å². The maximum absolute atomic E-state index is 14.3. The van der Waals surface area contributed by atoms with Gasteiger partial charge in [-0.1, -0.05) is 37.6 Å². The van der Waals surface area contributed by atoms with Crippen LogP contribution in [0.4, 0.5) is 10.1 Å². The minimum absolute atomic E-state index is 0.00646. The van der Waals surface area contributed by atoms with E-state index in [0.29, 0.717) is 17.7 Å². The Labute approximate surface area is 269 Å². The fraction of sp³-hybridized carbons (Fsp3) is 0.375. The summed E-state index contributed by atoms with van der Waals surface area (Å²) in [5.74, 6) is -0.925. The Kier molecular flexibility index (Phi) is 12.5. The Morgan fingerprint density at radius 3 is 2.09 bits per heavy atom. The van der Waals surface area contributed by atoms with Gasteiger partial charge in [-0.2, -0.15) is 0 Å². The third-order valence-electron chi connectivity index (χ3n) is 7.28. The molecule has 0 aromatic heterocycles. The highest BCUT2D eigenvalue weighted by atomic mass is 35.5. The van der Waals surface area contributed by atoms with E-state index in [4.69, 9.17) is 25.8 Å². The van der Waals surface area contributed by atoms with Crippen molar-refractivity contribution in [2.45, 2.75) is 57.1 Å². The number of nitrogens with zero attached hydrogens (tertiary/aromatic N) is 2. The van der Waals surface area contributed by atoms with E-state index in [1.165, 1.54) is 86.9 Å². The monoisotopic (exact) mass is 663 g/mol. The fourth-order valence-electron chi connectivity index (χ4n) is 4.62. The summed E-state index contributed by atoms with van der Waals surface area (Å²) >= 11 is 6.30. The number of carbonyl (C=O) groups is 2. The number of carbonyl (C=O) groups excluding carboxylic acids is 2. The fourth-order valence-corrected chi connectivity index (χ4v) is 6.22. The molecule has 0 aliphatic heterocycles. The zero-order valence-corrected chi connectivity index (χ0v) is 27.7. The minimum atomic E-state index is -4.48. The van der Waals surface area contributed by atoms with Crippen molar-refractivity contribution >= 4 is 39.1 Å². The zero-order valence-electron chi connectivity index (χ0n) is 26.2. The van der Waals surface area contributed by atoms with E-state index in [0.717, 1.165) is 4.31 Å². The highest BCUT2D eigenvalue weighted by molar-refractivity contribution is 7.92. The van der Waals surface area contributed by atoms with Gasteiger partial charge in [0.1, 0.15) is 24.2 Å². The second-order valence-electron chi connectivity index (χ2n) is 10.2. The number of rotatable bonds is 15. The quantitative estimate of drug-likeness (QED) is 0.231. The van der Waals surface area contributed by atoms with Crippen molar-refractivity contribution < 1.29 is 36.6 Å². The molecule has 0 saturated heterocycles. The highest BCUT2D eigenvalue weighted by Crippen LogP contribution is 2.37. The summed E-state index contributed by atoms with van der Waals surface area (Å²) in [6.45, 7) is 4.72. The Balaban J connectivity index is 2.17. The number of nitrogens with one attached hydrogen (secondary N) is 1. The van der Waals surface area contributed by atoms with E-state index < -0.39 is 40.2 Å². The second kappa shape index (κ2) is 15.8. The number of anilines is 1. The lowest BCUT2D eigenvalue weighted by Crippen LogP contribution is -2.53. The number of hydrogen-bond donors (Lipinski definition) is 1. The Bertz CT molecular complexity index is 1590. The molecule has 2 atom stereocenters. The number of methoxy groups -OCH3 is 3. The Morgan fingerprint density at radius 1 is 0.889 bits per heavy atom. The lowest BCUT2D eigenvalue weighted by molar-refractivity contribution is -0.140. The number of sulfonamides is 1. The molecule has 10 nitrogen and oxygen atoms in total. The minimum Gasteiger partial charge on any atom is -0.495 e. The maximum Gasteiger partial charge on any atom is 0.265 e. The van der Waals surface area contributed by atoms with E-state index in [-0.39, 0.29) is 46.1 Å². The average molecular weight is 664 g/mol. The molecule has 0 heterocycles. The van der Waals surface area contributed by atoms with Gasteiger partial charge in [0.25, 0.3) is 10.0 Å². The van der Waals surface area contributed by atoms with Crippen LogP contribution in [0.3, 0.4) is 0 Å². The van der Waals surface area contributed by atoms with Crippen LogP contribution in [0.15, 0.2) is 65.6 Å². The summed E-state index contributed by atoms with van der Waals surface area (Å²) in [4.78, 5) is 28.8. The summed E-state index contributed by atoms with van der Waals surface area (Å²) in [5, 5.41) is 3.12. The van der Waals surface area contributed by atoms with E-state index in [9.17, 15) is 22.4 Å². The van der Waals surface area contributed by atoms with Gasteiger partial charge in [-0.05, 0) is 67.8 Å². The average Bonchev–Trinajstić information content (AvgIpc) is 3.03. The molecule has 0 aliphatic carbocycles. The number of amides is 2. The Hall–Kier alpha value is -4.03. The number of halogens is 2. The molecule has 0 fully saturated rings.